The molecular formula is C11H14N4. The van der Waals surface area contributed by atoms with E-state index < -0.39 is 0 Å². The van der Waals surface area contributed by atoms with E-state index in [2.05, 4.69) is 27.6 Å². The summed E-state index contributed by atoms with van der Waals surface area (Å²) in [6.07, 6.45) is 3.99. The van der Waals surface area contributed by atoms with E-state index in [-0.39, 0.29) is 0 Å². The average Bonchev–Trinajstić information content (AvgIpc) is 2.62. The van der Waals surface area contributed by atoms with Crippen molar-refractivity contribution in [1.82, 2.24) is 10.2 Å². The fourth-order valence-electron chi connectivity index (χ4n) is 2.05. The largest absolute Gasteiger partial charge is 0.382 e. The zero-order chi connectivity index (χ0) is 10.3. The molecule has 15 heavy (non-hydrogen) atoms. The van der Waals surface area contributed by atoms with E-state index in [1.165, 1.54) is 0 Å². The van der Waals surface area contributed by atoms with Crippen LogP contribution in [0.4, 0.5) is 5.69 Å². The van der Waals surface area contributed by atoms with Crippen LogP contribution >= 0.6 is 0 Å². The summed E-state index contributed by atoms with van der Waals surface area (Å²) in [6.45, 7) is 0. The molecule has 1 saturated carbocycles. The monoisotopic (exact) mass is 202 g/mol. The van der Waals surface area contributed by atoms with Crippen molar-refractivity contribution in [3.63, 3.8) is 0 Å². The van der Waals surface area contributed by atoms with E-state index in [0.29, 0.717) is 12.1 Å². The maximum atomic E-state index is 5.74. The first-order valence-corrected chi connectivity index (χ1v) is 5.26. The lowest BCUT2D eigenvalue weighted by Crippen LogP contribution is -2.44. The Kier molecular flexibility index (Phi) is 1.89. The minimum absolute atomic E-state index is 0.389. The summed E-state index contributed by atoms with van der Waals surface area (Å²) in [5.41, 5.74) is 7.97. The molecule has 1 fully saturated rings. The molecule has 1 aliphatic carbocycles. The first kappa shape index (κ1) is 8.73. The van der Waals surface area contributed by atoms with Gasteiger partial charge in [0.2, 0.25) is 0 Å². The molecule has 3 rings (SSSR count). The molecule has 0 radical (unpaired) electrons. The first-order chi connectivity index (χ1) is 7.31. The van der Waals surface area contributed by atoms with Crippen LogP contribution in [-0.4, -0.2) is 22.3 Å². The second kappa shape index (κ2) is 3.24. The third-order valence-electron chi connectivity index (χ3n) is 2.99. The van der Waals surface area contributed by atoms with E-state index in [9.17, 15) is 0 Å². The third kappa shape index (κ3) is 1.57. The van der Waals surface area contributed by atoms with E-state index in [4.69, 9.17) is 5.73 Å². The van der Waals surface area contributed by atoms with Gasteiger partial charge in [0.25, 0.3) is 0 Å². The van der Waals surface area contributed by atoms with E-state index in [0.717, 1.165) is 29.4 Å². The highest BCUT2D eigenvalue weighted by atomic mass is 15.1. The summed E-state index contributed by atoms with van der Waals surface area (Å²) in [5, 5.41) is 11.5. The molecular weight excluding hydrogens is 188 g/mol. The Morgan fingerprint density at radius 1 is 1.40 bits per heavy atom. The smallest absolute Gasteiger partial charge is 0.0651 e. The molecule has 78 valence electrons. The zero-order valence-corrected chi connectivity index (χ0v) is 8.40. The number of hydrogen-bond donors (Lipinski definition) is 3. The molecule has 0 spiro atoms. The quantitative estimate of drug-likeness (QED) is 0.690. The van der Waals surface area contributed by atoms with Gasteiger partial charge < -0.3 is 11.1 Å². The summed E-state index contributed by atoms with van der Waals surface area (Å²) >= 11 is 0. The Balaban J connectivity index is 1.79. The van der Waals surface area contributed by atoms with Gasteiger partial charge in [0.05, 0.1) is 11.7 Å². The van der Waals surface area contributed by atoms with Crippen LogP contribution in [0.1, 0.15) is 12.8 Å². The Bertz CT molecular complexity index is 470. The van der Waals surface area contributed by atoms with Gasteiger partial charge in [-0.15, -0.1) is 0 Å². The van der Waals surface area contributed by atoms with Gasteiger partial charge in [0, 0.05) is 23.2 Å². The molecule has 1 aromatic carbocycles. The number of nitrogens with zero attached hydrogens (tertiary/aromatic N) is 1. The second-order valence-corrected chi connectivity index (χ2v) is 4.24. The minimum atomic E-state index is 0.389. The van der Waals surface area contributed by atoms with Gasteiger partial charge >= 0.3 is 0 Å². The van der Waals surface area contributed by atoms with Gasteiger partial charge in [0.15, 0.2) is 0 Å². The molecule has 2 aromatic rings. The average molecular weight is 202 g/mol. The topological polar surface area (TPSA) is 66.7 Å². The van der Waals surface area contributed by atoms with Crippen molar-refractivity contribution in [3.8, 4) is 0 Å². The Morgan fingerprint density at radius 3 is 3.07 bits per heavy atom. The van der Waals surface area contributed by atoms with Gasteiger partial charge in [-0.2, -0.15) is 5.10 Å². The number of benzene rings is 1. The summed E-state index contributed by atoms with van der Waals surface area (Å²) in [5.74, 6) is 0. The molecule has 4 heteroatoms. The Morgan fingerprint density at radius 2 is 2.27 bits per heavy atom. The number of H-pyrrole nitrogens is 1. The zero-order valence-electron chi connectivity index (χ0n) is 8.40. The molecule has 0 atom stereocenters. The lowest BCUT2D eigenvalue weighted by molar-refractivity contribution is 0.374. The molecule has 0 aliphatic heterocycles. The van der Waals surface area contributed by atoms with Crippen LogP contribution in [0.3, 0.4) is 0 Å². The normalized spacial score (nSPS) is 25.1. The van der Waals surface area contributed by atoms with E-state index in [1.54, 1.807) is 0 Å². The number of hydrogen-bond acceptors (Lipinski definition) is 3. The van der Waals surface area contributed by atoms with Gasteiger partial charge in [-0.05, 0) is 31.0 Å². The van der Waals surface area contributed by atoms with Crippen LogP contribution in [-0.2, 0) is 0 Å². The Labute approximate surface area is 87.9 Å². The minimum Gasteiger partial charge on any atom is -0.382 e. The maximum absolute atomic E-state index is 5.74. The molecule has 0 amide bonds. The van der Waals surface area contributed by atoms with Crippen LogP contribution in [0, 0.1) is 0 Å². The molecule has 0 unspecified atom stereocenters. The fourth-order valence-corrected chi connectivity index (χ4v) is 2.05. The number of nitrogens with one attached hydrogen (secondary N) is 2. The highest BCUT2D eigenvalue weighted by Gasteiger charge is 2.25. The van der Waals surface area contributed by atoms with E-state index >= 15 is 0 Å². The third-order valence-corrected chi connectivity index (χ3v) is 2.99. The van der Waals surface area contributed by atoms with Crippen LogP contribution < -0.4 is 11.1 Å². The lowest BCUT2D eigenvalue weighted by atomic mass is 9.87. The second-order valence-electron chi connectivity index (χ2n) is 4.24. The number of aromatic nitrogens is 2. The van der Waals surface area contributed by atoms with Crippen molar-refractivity contribution in [2.45, 2.75) is 24.9 Å². The van der Waals surface area contributed by atoms with Crippen molar-refractivity contribution in [3.05, 3.63) is 24.4 Å². The van der Waals surface area contributed by atoms with Crippen molar-refractivity contribution >= 4 is 16.6 Å². The molecule has 0 saturated heterocycles. The molecule has 0 bridgehead atoms. The summed E-state index contributed by atoms with van der Waals surface area (Å²) in [7, 11) is 0. The standard InChI is InChI=1S/C11H14N4/c12-8-4-10(5-8)14-9-1-2-11-7(3-9)6-13-15-11/h1-3,6,8,10,14H,4-5,12H2,(H,13,15). The van der Waals surface area contributed by atoms with Gasteiger partial charge in [-0.3, -0.25) is 5.10 Å². The van der Waals surface area contributed by atoms with Crippen molar-refractivity contribution < 1.29 is 0 Å². The summed E-state index contributed by atoms with van der Waals surface area (Å²) in [6, 6.07) is 7.17. The maximum Gasteiger partial charge on any atom is 0.0651 e. The molecule has 1 aliphatic rings. The number of rotatable bonds is 2. The van der Waals surface area contributed by atoms with Crippen LogP contribution in [0.5, 0.6) is 0 Å². The first-order valence-electron chi connectivity index (χ1n) is 5.26. The fraction of sp³-hybridized carbons (Fsp3) is 0.364. The number of nitrogens with two attached hydrogens (primary N) is 1. The number of anilines is 1. The highest BCUT2D eigenvalue weighted by molar-refractivity contribution is 5.81. The van der Waals surface area contributed by atoms with Crippen LogP contribution in [0.2, 0.25) is 0 Å². The predicted molar refractivity (Wildman–Crippen MR) is 60.7 cm³/mol. The van der Waals surface area contributed by atoms with E-state index in [1.807, 2.05) is 12.3 Å². The van der Waals surface area contributed by atoms with Gasteiger partial charge in [-0.1, -0.05) is 0 Å². The van der Waals surface area contributed by atoms with Crippen molar-refractivity contribution in [2.24, 2.45) is 5.73 Å². The Hall–Kier alpha value is -1.55. The van der Waals surface area contributed by atoms with Crippen molar-refractivity contribution in [2.75, 3.05) is 5.32 Å². The molecule has 4 N–H and O–H groups in total. The summed E-state index contributed by atoms with van der Waals surface area (Å²) < 4.78 is 0. The van der Waals surface area contributed by atoms with Crippen molar-refractivity contribution in [1.29, 1.82) is 0 Å². The van der Waals surface area contributed by atoms with Crippen LogP contribution in [0.15, 0.2) is 24.4 Å². The molecule has 1 aromatic heterocycles. The molecule has 1 heterocycles. The predicted octanol–water partition coefficient (Wildman–Crippen LogP) is 1.46. The summed E-state index contributed by atoms with van der Waals surface area (Å²) in [4.78, 5) is 0. The van der Waals surface area contributed by atoms with Gasteiger partial charge in [0.1, 0.15) is 0 Å². The number of fused-ring (bicyclic) bond motifs is 1. The van der Waals surface area contributed by atoms with Gasteiger partial charge in [-0.25, -0.2) is 0 Å². The number of aromatic amines is 1. The highest BCUT2D eigenvalue weighted by Crippen LogP contribution is 2.24. The molecule has 4 nitrogen and oxygen atoms in total. The SMILES string of the molecule is NC1CC(Nc2ccc3[nH]ncc3c2)C1. The lowest BCUT2D eigenvalue weighted by Gasteiger charge is -2.33. The van der Waals surface area contributed by atoms with Crippen LogP contribution in [0.25, 0.3) is 10.9 Å².